The summed E-state index contributed by atoms with van der Waals surface area (Å²) in [7, 11) is 1.63. The van der Waals surface area contributed by atoms with E-state index in [1.807, 2.05) is 24.3 Å². The molecule has 0 heterocycles. The third-order valence-electron chi connectivity index (χ3n) is 2.67. The average Bonchev–Trinajstić information content (AvgIpc) is 2.37. The van der Waals surface area contributed by atoms with Crippen molar-refractivity contribution in [1.29, 1.82) is 0 Å². The number of rotatable bonds is 7. The van der Waals surface area contributed by atoms with E-state index in [0.717, 1.165) is 35.0 Å². The van der Waals surface area contributed by atoms with Gasteiger partial charge < -0.3 is 4.74 Å². The minimum absolute atomic E-state index is 0.172. The molecule has 0 fully saturated rings. The molecule has 0 radical (unpaired) electrons. The highest BCUT2D eigenvalue weighted by atomic mass is 79.9. The first-order chi connectivity index (χ1) is 8.67. The monoisotopic (exact) mass is 310 g/mol. The van der Waals surface area contributed by atoms with Gasteiger partial charge in [0.15, 0.2) is 5.78 Å². The van der Waals surface area contributed by atoms with Crippen molar-refractivity contribution in [2.75, 3.05) is 7.11 Å². The number of benzene rings is 1. The zero-order chi connectivity index (χ0) is 13.4. The van der Waals surface area contributed by atoms with Crippen molar-refractivity contribution in [2.45, 2.75) is 32.6 Å². The van der Waals surface area contributed by atoms with E-state index in [4.69, 9.17) is 4.74 Å². The van der Waals surface area contributed by atoms with E-state index in [1.165, 1.54) is 0 Å². The van der Waals surface area contributed by atoms with Crippen LogP contribution in [-0.4, -0.2) is 12.9 Å². The molecule has 18 heavy (non-hydrogen) atoms. The van der Waals surface area contributed by atoms with Gasteiger partial charge in [-0.3, -0.25) is 4.79 Å². The molecule has 0 aliphatic rings. The van der Waals surface area contributed by atoms with Crippen molar-refractivity contribution in [3.63, 3.8) is 0 Å². The minimum Gasteiger partial charge on any atom is -0.496 e. The predicted octanol–water partition coefficient (Wildman–Crippen LogP) is 4.62. The Kier molecular flexibility index (Phi) is 6.73. The molecule has 0 unspecified atom stereocenters. The molecule has 0 saturated carbocycles. The zero-order valence-corrected chi connectivity index (χ0v) is 12.5. The number of carbonyl (C=O) groups excluding carboxylic acids is 1. The highest BCUT2D eigenvalue weighted by Crippen LogP contribution is 2.24. The van der Waals surface area contributed by atoms with Crippen LogP contribution in [0.4, 0.5) is 0 Å². The van der Waals surface area contributed by atoms with Gasteiger partial charge in [-0.2, -0.15) is 0 Å². The Bertz CT molecular complexity index is 425. The highest BCUT2D eigenvalue weighted by molar-refractivity contribution is 9.10. The van der Waals surface area contributed by atoms with Crippen LogP contribution >= 0.6 is 15.9 Å². The van der Waals surface area contributed by atoms with Crippen LogP contribution < -0.4 is 4.74 Å². The Balaban J connectivity index is 2.65. The lowest BCUT2D eigenvalue weighted by Crippen LogP contribution is -1.92. The molecule has 1 aromatic carbocycles. The maximum atomic E-state index is 11.6. The molecule has 0 aliphatic heterocycles. The fraction of sp³-hybridized carbons (Fsp3) is 0.400. The molecule has 3 heteroatoms. The van der Waals surface area contributed by atoms with Crippen LogP contribution in [0.25, 0.3) is 6.08 Å². The first-order valence-electron chi connectivity index (χ1n) is 6.21. The Labute approximate surface area is 117 Å². The number of ether oxygens (including phenoxy) is 1. The first kappa shape index (κ1) is 15.0. The standard InChI is InChI=1S/C15H19BrO2/c1-3-4-5-6-14(17)9-7-12-11-13(16)8-10-15(12)18-2/h7-11H,3-6H2,1-2H3/b9-7+. The van der Waals surface area contributed by atoms with Gasteiger partial charge in [-0.05, 0) is 36.8 Å². The number of carbonyl (C=O) groups is 1. The number of hydrogen-bond donors (Lipinski definition) is 0. The van der Waals surface area contributed by atoms with E-state index in [2.05, 4.69) is 22.9 Å². The van der Waals surface area contributed by atoms with Crippen molar-refractivity contribution >= 4 is 27.8 Å². The SMILES string of the molecule is CCCCCC(=O)/C=C/c1cc(Br)ccc1OC. The molecule has 1 rings (SSSR count). The van der Waals surface area contributed by atoms with Gasteiger partial charge in [0.1, 0.15) is 5.75 Å². The third-order valence-corrected chi connectivity index (χ3v) is 3.16. The quantitative estimate of drug-likeness (QED) is 0.542. The molecular weight excluding hydrogens is 292 g/mol. The van der Waals surface area contributed by atoms with Crippen LogP contribution in [0.2, 0.25) is 0 Å². The molecular formula is C15H19BrO2. The number of methoxy groups -OCH3 is 1. The molecule has 0 aromatic heterocycles. The van der Waals surface area contributed by atoms with E-state index >= 15 is 0 Å². The van der Waals surface area contributed by atoms with Gasteiger partial charge in [-0.15, -0.1) is 0 Å². The molecule has 0 aliphatic carbocycles. The van der Waals surface area contributed by atoms with Gasteiger partial charge in [-0.25, -0.2) is 0 Å². The number of allylic oxidation sites excluding steroid dienone is 1. The van der Waals surface area contributed by atoms with Crippen molar-refractivity contribution in [3.05, 3.63) is 34.3 Å². The van der Waals surface area contributed by atoms with Crippen LogP contribution in [0, 0.1) is 0 Å². The summed E-state index contributed by atoms with van der Waals surface area (Å²) < 4.78 is 6.22. The van der Waals surface area contributed by atoms with Crippen LogP contribution in [0.15, 0.2) is 28.7 Å². The molecule has 0 atom stereocenters. The summed E-state index contributed by atoms with van der Waals surface area (Å²) in [5, 5.41) is 0. The van der Waals surface area contributed by atoms with Crippen molar-refractivity contribution in [1.82, 2.24) is 0 Å². The fourth-order valence-corrected chi connectivity index (χ4v) is 2.03. The largest absolute Gasteiger partial charge is 0.496 e. The smallest absolute Gasteiger partial charge is 0.155 e. The topological polar surface area (TPSA) is 26.3 Å². The van der Waals surface area contributed by atoms with Gasteiger partial charge in [0.25, 0.3) is 0 Å². The van der Waals surface area contributed by atoms with Crippen molar-refractivity contribution in [3.8, 4) is 5.75 Å². The third kappa shape index (κ3) is 5.05. The minimum atomic E-state index is 0.172. The van der Waals surface area contributed by atoms with Crippen LogP contribution in [0.5, 0.6) is 5.75 Å². The van der Waals surface area contributed by atoms with E-state index in [0.29, 0.717) is 6.42 Å². The Morgan fingerprint density at radius 2 is 2.17 bits per heavy atom. The summed E-state index contributed by atoms with van der Waals surface area (Å²) in [6.07, 6.45) is 7.30. The highest BCUT2D eigenvalue weighted by Gasteiger charge is 2.01. The van der Waals surface area contributed by atoms with E-state index < -0.39 is 0 Å². The van der Waals surface area contributed by atoms with E-state index in [1.54, 1.807) is 13.2 Å². The van der Waals surface area contributed by atoms with Gasteiger partial charge in [0.2, 0.25) is 0 Å². The Hall–Kier alpha value is -1.09. The van der Waals surface area contributed by atoms with Crippen LogP contribution in [0.3, 0.4) is 0 Å². The Morgan fingerprint density at radius 3 is 2.83 bits per heavy atom. The number of unbranched alkanes of at least 4 members (excludes halogenated alkanes) is 2. The predicted molar refractivity (Wildman–Crippen MR) is 78.9 cm³/mol. The average molecular weight is 311 g/mol. The lowest BCUT2D eigenvalue weighted by atomic mass is 10.1. The molecule has 0 spiro atoms. The summed E-state index contributed by atoms with van der Waals surface area (Å²) in [5.74, 6) is 0.946. The van der Waals surface area contributed by atoms with E-state index in [9.17, 15) is 4.79 Å². The summed E-state index contributed by atoms with van der Waals surface area (Å²) in [5.41, 5.74) is 0.913. The molecule has 0 N–H and O–H groups in total. The summed E-state index contributed by atoms with van der Waals surface area (Å²) in [6.45, 7) is 2.13. The zero-order valence-electron chi connectivity index (χ0n) is 10.9. The first-order valence-corrected chi connectivity index (χ1v) is 7.01. The lowest BCUT2D eigenvalue weighted by molar-refractivity contribution is -0.114. The normalized spacial score (nSPS) is 10.8. The molecule has 0 saturated heterocycles. The maximum absolute atomic E-state index is 11.6. The van der Waals surface area contributed by atoms with Gasteiger partial charge in [-0.1, -0.05) is 35.7 Å². The van der Waals surface area contributed by atoms with Gasteiger partial charge in [0.05, 0.1) is 7.11 Å². The summed E-state index contributed by atoms with van der Waals surface area (Å²) >= 11 is 3.41. The molecule has 1 aromatic rings. The second-order valence-electron chi connectivity index (χ2n) is 4.14. The molecule has 2 nitrogen and oxygen atoms in total. The second kappa shape index (κ2) is 8.09. The van der Waals surface area contributed by atoms with Gasteiger partial charge in [0, 0.05) is 16.5 Å². The number of hydrogen-bond acceptors (Lipinski definition) is 2. The van der Waals surface area contributed by atoms with Crippen molar-refractivity contribution < 1.29 is 9.53 Å². The van der Waals surface area contributed by atoms with E-state index in [-0.39, 0.29) is 5.78 Å². The fourth-order valence-electron chi connectivity index (χ4n) is 1.65. The second-order valence-corrected chi connectivity index (χ2v) is 5.06. The molecule has 0 bridgehead atoms. The van der Waals surface area contributed by atoms with Crippen LogP contribution in [0.1, 0.15) is 38.2 Å². The maximum Gasteiger partial charge on any atom is 0.155 e. The van der Waals surface area contributed by atoms with Gasteiger partial charge >= 0.3 is 0 Å². The molecule has 98 valence electrons. The lowest BCUT2D eigenvalue weighted by Gasteiger charge is -2.04. The number of ketones is 1. The van der Waals surface area contributed by atoms with Crippen LogP contribution in [-0.2, 0) is 4.79 Å². The summed E-state index contributed by atoms with van der Waals surface area (Å²) in [4.78, 5) is 11.6. The summed E-state index contributed by atoms with van der Waals surface area (Å²) in [6, 6.07) is 5.74. The Morgan fingerprint density at radius 1 is 1.39 bits per heavy atom. The number of halogens is 1. The van der Waals surface area contributed by atoms with Crippen molar-refractivity contribution in [2.24, 2.45) is 0 Å². The molecule has 0 amide bonds.